The van der Waals surface area contributed by atoms with E-state index in [1.807, 2.05) is 24.3 Å². The lowest BCUT2D eigenvalue weighted by Gasteiger charge is -2.22. The molecule has 172 valence electrons. The molecule has 0 amide bonds. The van der Waals surface area contributed by atoms with Crippen LogP contribution in [-0.4, -0.2) is 25.3 Å². The van der Waals surface area contributed by atoms with Gasteiger partial charge in [-0.25, -0.2) is 0 Å². The Labute approximate surface area is 195 Å². The Balaban J connectivity index is 1.76. The second-order valence-corrected chi connectivity index (χ2v) is 10.3. The summed E-state index contributed by atoms with van der Waals surface area (Å²) in [5, 5.41) is 5.31. The van der Waals surface area contributed by atoms with Crippen molar-refractivity contribution in [1.82, 2.24) is 5.32 Å². The van der Waals surface area contributed by atoms with Crippen LogP contribution in [0.5, 0.6) is 5.75 Å². The minimum Gasteiger partial charge on any atom is -0.485 e. The van der Waals surface area contributed by atoms with E-state index in [0.717, 1.165) is 41.0 Å². The van der Waals surface area contributed by atoms with Crippen molar-refractivity contribution in [3.05, 3.63) is 77.2 Å². The van der Waals surface area contributed by atoms with Crippen molar-refractivity contribution in [2.75, 3.05) is 12.3 Å². The van der Waals surface area contributed by atoms with Crippen molar-refractivity contribution in [2.45, 2.75) is 45.3 Å². The summed E-state index contributed by atoms with van der Waals surface area (Å²) in [6.45, 7) is 3.32. The first kappa shape index (κ1) is 24.5. The summed E-state index contributed by atoms with van der Waals surface area (Å²) >= 11 is 1.68. The van der Waals surface area contributed by atoms with Gasteiger partial charge < -0.3 is 10.1 Å². The van der Waals surface area contributed by atoms with Gasteiger partial charge in [-0.3, -0.25) is 4.55 Å². The van der Waals surface area contributed by atoms with E-state index < -0.39 is 10.1 Å². The molecule has 0 spiro atoms. The predicted molar refractivity (Wildman–Crippen MR) is 132 cm³/mol. The number of rotatable bonds is 13. The molecule has 1 aromatic heterocycles. The zero-order chi connectivity index (χ0) is 22.8. The third-order valence-corrected chi connectivity index (χ3v) is 6.88. The lowest BCUT2D eigenvalue weighted by atomic mass is 10.0. The van der Waals surface area contributed by atoms with Crippen LogP contribution in [0.3, 0.4) is 0 Å². The van der Waals surface area contributed by atoms with Gasteiger partial charge in [0.25, 0.3) is 10.1 Å². The first-order valence-electron chi connectivity index (χ1n) is 11.0. The average molecular weight is 474 g/mol. The van der Waals surface area contributed by atoms with Crippen LogP contribution in [0.2, 0.25) is 0 Å². The molecule has 0 bridgehead atoms. The molecular formula is C25H31NO4S2. The van der Waals surface area contributed by atoms with E-state index >= 15 is 0 Å². The van der Waals surface area contributed by atoms with E-state index in [9.17, 15) is 8.42 Å². The van der Waals surface area contributed by atoms with Crippen molar-refractivity contribution in [3.63, 3.8) is 0 Å². The molecule has 0 radical (unpaired) electrons. The Kier molecular flexibility index (Phi) is 9.29. The van der Waals surface area contributed by atoms with Crippen LogP contribution < -0.4 is 10.1 Å². The largest absolute Gasteiger partial charge is 0.485 e. The van der Waals surface area contributed by atoms with Crippen LogP contribution in [-0.2, 0) is 16.7 Å². The predicted octanol–water partition coefficient (Wildman–Crippen LogP) is 6.09. The zero-order valence-corrected chi connectivity index (χ0v) is 20.0. The highest BCUT2D eigenvalue weighted by atomic mass is 32.2. The van der Waals surface area contributed by atoms with Crippen LogP contribution in [0.25, 0.3) is 10.4 Å². The highest BCUT2D eigenvalue weighted by Gasteiger charge is 2.17. The smallest absolute Gasteiger partial charge is 0.264 e. The van der Waals surface area contributed by atoms with Crippen LogP contribution in [0.4, 0.5) is 0 Å². The number of hydrogen-bond acceptors (Lipinski definition) is 5. The summed E-state index contributed by atoms with van der Waals surface area (Å²) in [6.07, 6.45) is 3.54. The monoisotopic (exact) mass is 473 g/mol. The van der Waals surface area contributed by atoms with Crippen LogP contribution in [0, 0.1) is 0 Å². The van der Waals surface area contributed by atoms with Crippen molar-refractivity contribution >= 4 is 21.5 Å². The van der Waals surface area contributed by atoms with Gasteiger partial charge in [-0.1, -0.05) is 55.8 Å². The summed E-state index contributed by atoms with van der Waals surface area (Å²) in [5.41, 5.74) is 3.34. The second-order valence-electron chi connectivity index (χ2n) is 7.78. The van der Waals surface area contributed by atoms with Gasteiger partial charge in [0.05, 0.1) is 5.75 Å². The number of ether oxygens (including phenoxy) is 1. The Morgan fingerprint density at radius 2 is 1.88 bits per heavy atom. The Bertz CT molecular complexity index is 1050. The molecule has 2 N–H and O–H groups in total. The van der Waals surface area contributed by atoms with E-state index in [-0.39, 0.29) is 11.9 Å². The van der Waals surface area contributed by atoms with Crippen LogP contribution in [0.1, 0.15) is 49.8 Å². The molecule has 3 aromatic rings. The van der Waals surface area contributed by atoms with Gasteiger partial charge in [0.15, 0.2) is 0 Å². The van der Waals surface area contributed by atoms with E-state index in [0.29, 0.717) is 19.5 Å². The molecule has 0 aliphatic heterocycles. The van der Waals surface area contributed by atoms with E-state index in [2.05, 4.69) is 54.0 Å². The first-order chi connectivity index (χ1) is 15.5. The summed E-state index contributed by atoms with van der Waals surface area (Å²) < 4.78 is 37.1. The standard InChI is InChI=1S/C25H31NO4S2/c1-2-3-11-23(21-9-5-4-6-10-21)30-24-14-13-20(18-22(24)25-12-7-16-31-25)19-26-15-8-17-32(27,28)29/h4-7,9-10,12-14,16,18,23,26H,2-3,8,11,15,17,19H2,1H3,(H,27,28,29). The normalized spacial score (nSPS) is 12.6. The molecule has 5 nitrogen and oxygen atoms in total. The fourth-order valence-corrected chi connectivity index (χ4v) is 4.79. The molecule has 32 heavy (non-hydrogen) atoms. The van der Waals surface area contributed by atoms with Gasteiger partial charge in [-0.2, -0.15) is 8.42 Å². The van der Waals surface area contributed by atoms with Gasteiger partial charge in [0.2, 0.25) is 0 Å². The summed E-state index contributed by atoms with van der Waals surface area (Å²) in [4.78, 5) is 1.15. The molecule has 3 rings (SSSR count). The summed E-state index contributed by atoms with van der Waals surface area (Å²) in [5.74, 6) is 0.638. The molecule has 0 aliphatic carbocycles. The third kappa shape index (κ3) is 7.74. The highest BCUT2D eigenvalue weighted by molar-refractivity contribution is 7.85. The Morgan fingerprint density at radius 3 is 2.56 bits per heavy atom. The molecule has 1 heterocycles. The molecule has 0 saturated carbocycles. The van der Waals surface area contributed by atoms with Gasteiger partial charge in [-0.15, -0.1) is 11.3 Å². The van der Waals surface area contributed by atoms with Crippen molar-refractivity contribution in [3.8, 4) is 16.2 Å². The van der Waals surface area contributed by atoms with Gasteiger partial charge in [0, 0.05) is 17.0 Å². The average Bonchev–Trinajstić information content (AvgIpc) is 3.31. The molecule has 7 heteroatoms. The number of benzene rings is 2. The SMILES string of the molecule is CCCCC(Oc1ccc(CNCCCS(=O)(=O)O)cc1-c1cccs1)c1ccccc1. The first-order valence-corrected chi connectivity index (χ1v) is 13.5. The Morgan fingerprint density at radius 1 is 1.06 bits per heavy atom. The van der Waals surface area contributed by atoms with Gasteiger partial charge in [-0.05, 0) is 60.5 Å². The number of unbranched alkanes of at least 4 members (excludes halogenated alkanes) is 1. The minimum absolute atomic E-state index is 0.000678. The Hall–Kier alpha value is -2.19. The molecule has 1 atom stereocenters. The van der Waals surface area contributed by atoms with Crippen molar-refractivity contribution in [2.24, 2.45) is 0 Å². The molecular weight excluding hydrogens is 442 g/mol. The molecule has 0 aliphatic rings. The quantitative estimate of drug-likeness (QED) is 0.232. The zero-order valence-electron chi connectivity index (χ0n) is 18.4. The molecule has 0 fully saturated rings. The summed E-state index contributed by atoms with van der Waals surface area (Å²) in [7, 11) is -3.91. The lowest BCUT2D eigenvalue weighted by molar-refractivity contribution is 0.192. The third-order valence-electron chi connectivity index (χ3n) is 5.18. The number of thiophene rings is 1. The second kappa shape index (κ2) is 12.2. The molecule has 2 aromatic carbocycles. The maximum Gasteiger partial charge on any atom is 0.264 e. The minimum atomic E-state index is -3.91. The lowest BCUT2D eigenvalue weighted by Crippen LogP contribution is -2.18. The molecule has 1 unspecified atom stereocenters. The number of nitrogens with one attached hydrogen (secondary N) is 1. The van der Waals surface area contributed by atoms with Crippen molar-refractivity contribution < 1.29 is 17.7 Å². The maximum absolute atomic E-state index is 10.8. The van der Waals surface area contributed by atoms with Crippen LogP contribution >= 0.6 is 11.3 Å². The number of hydrogen-bond donors (Lipinski definition) is 2. The topological polar surface area (TPSA) is 75.6 Å². The summed E-state index contributed by atoms with van der Waals surface area (Å²) in [6, 6.07) is 20.7. The fraction of sp³-hybridized carbons (Fsp3) is 0.360. The van der Waals surface area contributed by atoms with Crippen LogP contribution in [0.15, 0.2) is 66.0 Å². The fourth-order valence-electron chi connectivity index (χ4n) is 3.53. The van der Waals surface area contributed by atoms with Crippen molar-refractivity contribution in [1.29, 1.82) is 0 Å². The van der Waals surface area contributed by atoms with Gasteiger partial charge >= 0.3 is 0 Å². The van der Waals surface area contributed by atoms with E-state index in [4.69, 9.17) is 9.29 Å². The maximum atomic E-state index is 10.8. The molecule has 0 saturated heterocycles. The van der Waals surface area contributed by atoms with E-state index in [1.165, 1.54) is 5.56 Å². The highest BCUT2D eigenvalue weighted by Crippen LogP contribution is 2.37. The van der Waals surface area contributed by atoms with E-state index in [1.54, 1.807) is 11.3 Å². The van der Waals surface area contributed by atoms with Gasteiger partial charge in [0.1, 0.15) is 11.9 Å².